The highest BCUT2D eigenvalue weighted by molar-refractivity contribution is 5.89. The van der Waals surface area contributed by atoms with E-state index in [2.05, 4.69) is 24.5 Å². The fourth-order valence-electron chi connectivity index (χ4n) is 2.45. The van der Waals surface area contributed by atoms with Gasteiger partial charge in [0.15, 0.2) is 0 Å². The lowest BCUT2D eigenvalue weighted by Crippen LogP contribution is -2.39. The zero-order valence-electron chi connectivity index (χ0n) is 13.8. The van der Waals surface area contributed by atoms with Gasteiger partial charge in [0.2, 0.25) is 0 Å². The van der Waals surface area contributed by atoms with Crippen molar-refractivity contribution < 1.29 is 14.6 Å². The second-order valence-electron chi connectivity index (χ2n) is 5.45. The van der Waals surface area contributed by atoms with E-state index in [0.717, 1.165) is 18.6 Å². The van der Waals surface area contributed by atoms with Crippen molar-refractivity contribution >= 4 is 11.7 Å². The van der Waals surface area contributed by atoms with Crippen LogP contribution < -0.4 is 15.4 Å². The van der Waals surface area contributed by atoms with Gasteiger partial charge in [0.05, 0.1) is 6.61 Å². The highest BCUT2D eigenvalue weighted by Gasteiger charge is 2.26. The van der Waals surface area contributed by atoms with Crippen LogP contribution in [0.1, 0.15) is 40.0 Å². The minimum atomic E-state index is -0.238. The van der Waals surface area contributed by atoms with Crippen molar-refractivity contribution in [2.24, 2.45) is 5.41 Å². The lowest BCUT2D eigenvalue weighted by Gasteiger charge is -2.31. The van der Waals surface area contributed by atoms with Gasteiger partial charge in [-0.3, -0.25) is 0 Å². The summed E-state index contributed by atoms with van der Waals surface area (Å²) in [6.07, 6.45) is 2.54. The van der Waals surface area contributed by atoms with E-state index in [4.69, 9.17) is 4.74 Å². The number of urea groups is 1. The number of hydrogen-bond donors (Lipinski definition) is 3. The number of rotatable bonds is 9. The van der Waals surface area contributed by atoms with Gasteiger partial charge in [-0.15, -0.1) is 0 Å². The molecule has 5 nitrogen and oxygen atoms in total. The Kier molecular flexibility index (Phi) is 7.74. The van der Waals surface area contributed by atoms with Gasteiger partial charge in [-0.25, -0.2) is 4.79 Å². The summed E-state index contributed by atoms with van der Waals surface area (Å²) in [5.41, 5.74) is 0.656. The molecule has 1 rings (SSSR count). The molecule has 0 saturated heterocycles. The summed E-state index contributed by atoms with van der Waals surface area (Å²) in [6, 6.07) is 7.08. The zero-order valence-corrected chi connectivity index (χ0v) is 13.8. The van der Waals surface area contributed by atoms with Crippen molar-refractivity contribution in [1.82, 2.24) is 5.32 Å². The summed E-state index contributed by atoms with van der Waals surface area (Å²) in [5, 5.41) is 14.9. The maximum Gasteiger partial charge on any atom is 0.319 e. The van der Waals surface area contributed by atoms with Crippen LogP contribution in [0.3, 0.4) is 0 Å². The first-order valence-electron chi connectivity index (χ1n) is 7.97. The van der Waals surface area contributed by atoms with E-state index in [1.54, 1.807) is 6.07 Å². The first-order valence-corrected chi connectivity index (χ1v) is 7.97. The van der Waals surface area contributed by atoms with Crippen LogP contribution in [0.4, 0.5) is 10.5 Å². The van der Waals surface area contributed by atoms with Crippen molar-refractivity contribution in [3.05, 3.63) is 24.3 Å². The van der Waals surface area contributed by atoms with Gasteiger partial charge in [0.1, 0.15) is 5.75 Å². The number of carbonyl (C=O) groups excluding carboxylic acids is 1. The van der Waals surface area contributed by atoms with Crippen molar-refractivity contribution in [3.63, 3.8) is 0 Å². The molecule has 124 valence electrons. The monoisotopic (exact) mass is 308 g/mol. The molecule has 0 heterocycles. The van der Waals surface area contributed by atoms with Gasteiger partial charge in [-0.2, -0.15) is 0 Å². The fourth-order valence-corrected chi connectivity index (χ4v) is 2.45. The molecule has 0 unspecified atom stereocenters. The van der Waals surface area contributed by atoms with Crippen molar-refractivity contribution in [3.8, 4) is 5.75 Å². The molecule has 1 aromatic rings. The van der Waals surface area contributed by atoms with Crippen LogP contribution in [0.2, 0.25) is 0 Å². The molecule has 0 saturated carbocycles. The number of nitrogens with one attached hydrogen (secondary N) is 2. The summed E-state index contributed by atoms with van der Waals surface area (Å²) in [7, 11) is 0. The number of amides is 2. The average Bonchev–Trinajstić information content (AvgIpc) is 2.52. The molecular formula is C17H28N2O3. The third-order valence-corrected chi connectivity index (χ3v) is 4.17. The van der Waals surface area contributed by atoms with Gasteiger partial charge >= 0.3 is 6.03 Å². The molecule has 0 aliphatic heterocycles. The Labute approximate surface area is 133 Å². The van der Waals surface area contributed by atoms with Gasteiger partial charge < -0.3 is 20.5 Å². The van der Waals surface area contributed by atoms with Crippen molar-refractivity contribution in [2.45, 2.75) is 40.0 Å². The average molecular weight is 308 g/mol. The maximum absolute atomic E-state index is 12.0. The molecule has 0 atom stereocenters. The third-order valence-electron chi connectivity index (χ3n) is 4.17. The highest BCUT2D eigenvalue weighted by Crippen LogP contribution is 2.29. The molecule has 1 aromatic carbocycles. The van der Waals surface area contributed by atoms with E-state index in [1.807, 2.05) is 25.1 Å². The first-order chi connectivity index (χ1) is 10.6. The predicted molar refractivity (Wildman–Crippen MR) is 89.4 cm³/mol. The number of benzene rings is 1. The van der Waals surface area contributed by atoms with Crippen molar-refractivity contribution in [1.29, 1.82) is 0 Å². The highest BCUT2D eigenvalue weighted by atomic mass is 16.5. The molecule has 0 aromatic heterocycles. The van der Waals surface area contributed by atoms with E-state index < -0.39 is 0 Å². The van der Waals surface area contributed by atoms with Crippen molar-refractivity contribution in [2.75, 3.05) is 25.1 Å². The van der Waals surface area contributed by atoms with Gasteiger partial charge in [0.25, 0.3) is 0 Å². The summed E-state index contributed by atoms with van der Waals surface area (Å²) >= 11 is 0. The number of aliphatic hydroxyl groups is 1. The molecule has 0 bridgehead atoms. The van der Waals surface area contributed by atoms with E-state index in [-0.39, 0.29) is 18.1 Å². The molecule has 0 radical (unpaired) electrons. The fraction of sp³-hybridized carbons (Fsp3) is 0.588. The summed E-state index contributed by atoms with van der Waals surface area (Å²) in [5.74, 6) is 0.733. The van der Waals surface area contributed by atoms with Crippen LogP contribution in [0.25, 0.3) is 0 Å². The van der Waals surface area contributed by atoms with Crippen LogP contribution >= 0.6 is 0 Å². The molecule has 2 amide bonds. The van der Waals surface area contributed by atoms with Crippen LogP contribution in [0, 0.1) is 5.41 Å². The molecule has 0 aliphatic rings. The van der Waals surface area contributed by atoms with E-state index in [1.165, 1.54) is 0 Å². The first kappa shape index (κ1) is 18.3. The molecule has 0 aliphatic carbocycles. The van der Waals surface area contributed by atoms with Gasteiger partial charge in [-0.1, -0.05) is 19.9 Å². The minimum absolute atomic E-state index is 0.0424. The van der Waals surface area contributed by atoms with E-state index in [0.29, 0.717) is 25.3 Å². The minimum Gasteiger partial charge on any atom is -0.494 e. The number of carbonyl (C=O) groups is 1. The smallest absolute Gasteiger partial charge is 0.319 e. The second kappa shape index (κ2) is 9.30. The Bertz CT molecular complexity index is 459. The number of anilines is 1. The van der Waals surface area contributed by atoms with Crippen LogP contribution in [0.15, 0.2) is 24.3 Å². The van der Waals surface area contributed by atoms with E-state index in [9.17, 15) is 9.90 Å². The lowest BCUT2D eigenvalue weighted by atomic mass is 9.79. The second-order valence-corrected chi connectivity index (χ2v) is 5.45. The predicted octanol–water partition coefficient (Wildman–Crippen LogP) is 3.40. The number of hydrogen-bond acceptors (Lipinski definition) is 3. The van der Waals surface area contributed by atoms with Crippen LogP contribution in [-0.4, -0.2) is 30.9 Å². The van der Waals surface area contributed by atoms with Crippen LogP contribution in [-0.2, 0) is 0 Å². The molecular weight excluding hydrogens is 280 g/mol. The summed E-state index contributed by atoms with van der Waals surface area (Å²) < 4.78 is 5.41. The molecule has 0 spiro atoms. The maximum atomic E-state index is 12.0. The Morgan fingerprint density at radius 1 is 1.27 bits per heavy atom. The van der Waals surface area contributed by atoms with E-state index >= 15 is 0 Å². The molecule has 5 heteroatoms. The van der Waals surface area contributed by atoms with Gasteiger partial charge in [-0.05, 0) is 43.7 Å². The lowest BCUT2D eigenvalue weighted by molar-refractivity contribution is 0.165. The standard InChI is InChI=1S/C17H28N2O3/c1-4-17(5-2,10-11-20)13-18-16(21)19-14-8-7-9-15(12-14)22-6-3/h7-9,12,20H,4-6,10-11,13H2,1-3H3,(H2,18,19,21). The number of aliphatic hydroxyl groups excluding tert-OH is 1. The zero-order chi connectivity index (χ0) is 16.4. The molecule has 0 fully saturated rings. The Hall–Kier alpha value is -1.75. The third kappa shape index (κ3) is 5.56. The Morgan fingerprint density at radius 3 is 2.59 bits per heavy atom. The largest absolute Gasteiger partial charge is 0.494 e. The normalized spacial score (nSPS) is 11.1. The Morgan fingerprint density at radius 2 is 2.00 bits per heavy atom. The summed E-state index contributed by atoms with van der Waals surface area (Å²) in [6.45, 7) is 7.38. The molecule has 22 heavy (non-hydrogen) atoms. The quantitative estimate of drug-likeness (QED) is 0.655. The SMILES string of the molecule is CCOc1cccc(NC(=O)NCC(CC)(CC)CCO)c1. The van der Waals surface area contributed by atoms with Gasteiger partial charge in [0, 0.05) is 24.9 Å². The topological polar surface area (TPSA) is 70.6 Å². The number of ether oxygens (including phenoxy) is 1. The Balaban J connectivity index is 2.57. The summed E-state index contributed by atoms with van der Waals surface area (Å²) in [4.78, 5) is 12.0. The van der Waals surface area contributed by atoms with Crippen LogP contribution in [0.5, 0.6) is 5.75 Å². The molecule has 3 N–H and O–H groups in total.